The average molecular weight is 163 g/mol. The SMILES string of the molecule is C[N+](C)(C)c1cccc([N+]#N)c1. The first-order valence-electron chi connectivity index (χ1n) is 3.81. The molecule has 0 fully saturated rings. The maximum atomic E-state index is 8.55. The number of diazo groups is 1. The van der Waals surface area contributed by atoms with Gasteiger partial charge < -0.3 is 0 Å². The van der Waals surface area contributed by atoms with E-state index >= 15 is 0 Å². The molecule has 0 aromatic heterocycles. The summed E-state index contributed by atoms with van der Waals surface area (Å²) >= 11 is 0. The number of quaternary nitrogens is 1. The highest BCUT2D eigenvalue weighted by atomic mass is 15.3. The lowest BCUT2D eigenvalue weighted by Gasteiger charge is -2.22. The van der Waals surface area contributed by atoms with E-state index in [0.29, 0.717) is 5.69 Å². The summed E-state index contributed by atoms with van der Waals surface area (Å²) in [5.41, 5.74) is 1.71. The fourth-order valence-corrected chi connectivity index (χ4v) is 0.972. The van der Waals surface area contributed by atoms with Gasteiger partial charge in [-0.25, -0.2) is 0 Å². The Morgan fingerprint density at radius 1 is 1.25 bits per heavy atom. The molecular weight excluding hydrogens is 150 g/mol. The van der Waals surface area contributed by atoms with Crippen LogP contribution >= 0.6 is 0 Å². The van der Waals surface area contributed by atoms with Gasteiger partial charge in [0.1, 0.15) is 5.69 Å². The zero-order chi connectivity index (χ0) is 9.19. The molecule has 62 valence electrons. The fraction of sp³-hybridized carbons (Fsp3) is 0.333. The van der Waals surface area contributed by atoms with Gasteiger partial charge in [-0.05, 0) is 12.1 Å². The molecule has 3 nitrogen and oxygen atoms in total. The topological polar surface area (TPSA) is 28.1 Å². The molecule has 0 N–H and O–H groups in total. The van der Waals surface area contributed by atoms with E-state index in [1.54, 1.807) is 6.07 Å². The van der Waals surface area contributed by atoms with Gasteiger partial charge in [-0.1, -0.05) is 0 Å². The molecule has 0 aliphatic rings. The van der Waals surface area contributed by atoms with Crippen molar-refractivity contribution >= 4 is 11.4 Å². The van der Waals surface area contributed by atoms with Crippen molar-refractivity contribution in [2.75, 3.05) is 21.1 Å². The van der Waals surface area contributed by atoms with E-state index < -0.39 is 0 Å². The predicted octanol–water partition coefficient (Wildman–Crippen LogP) is 2.37. The van der Waals surface area contributed by atoms with Gasteiger partial charge in [-0.2, -0.15) is 0 Å². The van der Waals surface area contributed by atoms with Crippen LogP contribution in [0.3, 0.4) is 0 Å². The second-order valence-corrected chi connectivity index (χ2v) is 3.63. The van der Waals surface area contributed by atoms with Crippen LogP contribution in [0.15, 0.2) is 24.3 Å². The van der Waals surface area contributed by atoms with E-state index in [0.717, 1.165) is 10.2 Å². The maximum absolute atomic E-state index is 8.55. The molecule has 1 aromatic carbocycles. The summed E-state index contributed by atoms with van der Waals surface area (Å²) in [5.74, 6) is 0. The highest BCUT2D eigenvalue weighted by molar-refractivity contribution is 5.55. The van der Waals surface area contributed by atoms with Crippen molar-refractivity contribution in [1.29, 1.82) is 5.39 Å². The van der Waals surface area contributed by atoms with E-state index in [4.69, 9.17) is 5.39 Å². The Morgan fingerprint density at radius 3 is 2.42 bits per heavy atom. The third kappa shape index (κ3) is 1.80. The minimum atomic E-state index is 0.598. The van der Waals surface area contributed by atoms with E-state index in [1.807, 2.05) is 18.2 Å². The Hall–Kier alpha value is -1.40. The van der Waals surface area contributed by atoms with Crippen LogP contribution in [-0.4, -0.2) is 21.1 Å². The van der Waals surface area contributed by atoms with E-state index in [9.17, 15) is 0 Å². The number of rotatable bonds is 1. The van der Waals surface area contributed by atoms with Crippen LogP contribution in [0.2, 0.25) is 0 Å². The molecule has 1 aromatic rings. The number of hydrogen-bond donors (Lipinski definition) is 0. The Balaban J connectivity index is 3.13. The Labute approximate surface area is 72.5 Å². The Bertz CT molecular complexity index is 317. The molecule has 0 heterocycles. The van der Waals surface area contributed by atoms with Gasteiger partial charge >= 0.3 is 5.69 Å². The minimum absolute atomic E-state index is 0.598. The van der Waals surface area contributed by atoms with Crippen LogP contribution in [0.25, 0.3) is 4.98 Å². The van der Waals surface area contributed by atoms with Gasteiger partial charge in [0.2, 0.25) is 5.39 Å². The van der Waals surface area contributed by atoms with Crippen molar-refractivity contribution in [3.63, 3.8) is 0 Å². The van der Waals surface area contributed by atoms with Gasteiger partial charge in [-0.15, -0.1) is 0 Å². The van der Waals surface area contributed by atoms with Crippen LogP contribution < -0.4 is 4.48 Å². The molecular formula is C9H13N3+2. The predicted molar refractivity (Wildman–Crippen MR) is 50.8 cm³/mol. The third-order valence-electron chi connectivity index (χ3n) is 1.72. The number of benzene rings is 1. The van der Waals surface area contributed by atoms with Crippen molar-refractivity contribution in [1.82, 2.24) is 4.48 Å². The molecule has 1 rings (SSSR count). The molecule has 0 atom stereocenters. The molecule has 0 amide bonds. The molecule has 0 saturated heterocycles. The third-order valence-corrected chi connectivity index (χ3v) is 1.72. The van der Waals surface area contributed by atoms with Crippen LogP contribution in [0.1, 0.15) is 0 Å². The summed E-state index contributed by atoms with van der Waals surface area (Å²) in [6.45, 7) is 0. The highest BCUT2D eigenvalue weighted by Crippen LogP contribution is 2.22. The van der Waals surface area contributed by atoms with Gasteiger partial charge in [0.15, 0.2) is 4.98 Å². The summed E-state index contributed by atoms with van der Waals surface area (Å²) in [6.07, 6.45) is 0. The van der Waals surface area contributed by atoms with Crippen LogP contribution in [0, 0.1) is 5.39 Å². The molecule has 12 heavy (non-hydrogen) atoms. The molecule has 0 spiro atoms. The van der Waals surface area contributed by atoms with Crippen LogP contribution in [0.5, 0.6) is 0 Å². The van der Waals surface area contributed by atoms with Crippen molar-refractivity contribution in [2.24, 2.45) is 0 Å². The normalized spacial score (nSPS) is 10.8. The lowest BCUT2D eigenvalue weighted by Crippen LogP contribution is -2.34. The zero-order valence-corrected chi connectivity index (χ0v) is 7.65. The highest BCUT2D eigenvalue weighted by Gasteiger charge is 2.15. The lowest BCUT2D eigenvalue weighted by molar-refractivity contribution is 0.486. The Kier molecular flexibility index (Phi) is 2.11. The first-order chi connectivity index (χ1) is 5.54. The summed E-state index contributed by atoms with van der Waals surface area (Å²) in [4.78, 5) is 3.13. The molecule has 0 unspecified atom stereocenters. The summed E-state index contributed by atoms with van der Waals surface area (Å²) in [7, 11) is 6.20. The van der Waals surface area contributed by atoms with Crippen molar-refractivity contribution < 1.29 is 0 Å². The largest absolute Gasteiger partial charge is 0.391 e. The van der Waals surface area contributed by atoms with E-state index in [-0.39, 0.29) is 0 Å². The first-order valence-corrected chi connectivity index (χ1v) is 3.81. The molecule has 3 heteroatoms. The number of hydrogen-bond acceptors (Lipinski definition) is 1. The van der Waals surface area contributed by atoms with Crippen LogP contribution in [0.4, 0.5) is 11.4 Å². The monoisotopic (exact) mass is 163 g/mol. The molecule has 0 saturated carbocycles. The average Bonchev–Trinajstić information content (AvgIpc) is 2.03. The van der Waals surface area contributed by atoms with Crippen molar-refractivity contribution in [3.05, 3.63) is 29.2 Å². The van der Waals surface area contributed by atoms with Crippen LogP contribution in [-0.2, 0) is 0 Å². The van der Waals surface area contributed by atoms with Crippen molar-refractivity contribution in [2.45, 2.75) is 0 Å². The molecule has 0 aliphatic heterocycles. The second-order valence-electron chi connectivity index (χ2n) is 3.63. The zero-order valence-electron chi connectivity index (χ0n) is 7.65. The summed E-state index contributed by atoms with van der Waals surface area (Å²) < 4.78 is 0.726. The minimum Gasteiger partial charge on any atom is -0.298 e. The second kappa shape index (κ2) is 2.92. The molecule has 0 radical (unpaired) electrons. The standard InChI is InChI=1S/C9H13N3/c1-12(2,3)9-6-4-5-8(7-9)11-10/h4-7H,1-3H3/q+2. The summed E-state index contributed by atoms with van der Waals surface area (Å²) in [6, 6.07) is 7.52. The summed E-state index contributed by atoms with van der Waals surface area (Å²) in [5, 5.41) is 8.55. The molecule has 0 bridgehead atoms. The maximum Gasteiger partial charge on any atom is 0.391 e. The van der Waals surface area contributed by atoms with Gasteiger partial charge in [0, 0.05) is 6.07 Å². The smallest absolute Gasteiger partial charge is 0.298 e. The Morgan fingerprint density at radius 2 is 1.92 bits per heavy atom. The van der Waals surface area contributed by atoms with Gasteiger partial charge in [0.25, 0.3) is 0 Å². The first kappa shape index (κ1) is 8.69. The fourth-order valence-electron chi connectivity index (χ4n) is 0.972. The van der Waals surface area contributed by atoms with Crippen molar-refractivity contribution in [3.8, 4) is 0 Å². The van der Waals surface area contributed by atoms with Gasteiger partial charge in [-0.3, -0.25) is 4.48 Å². The van der Waals surface area contributed by atoms with Gasteiger partial charge in [0.05, 0.1) is 27.2 Å². The lowest BCUT2D eigenvalue weighted by atomic mass is 10.2. The number of nitrogens with zero attached hydrogens (tertiary/aromatic N) is 3. The quantitative estimate of drug-likeness (QED) is 0.461. The van der Waals surface area contributed by atoms with E-state index in [2.05, 4.69) is 26.1 Å². The molecule has 0 aliphatic carbocycles. The van der Waals surface area contributed by atoms with E-state index in [1.165, 1.54) is 0 Å².